The van der Waals surface area contributed by atoms with Crippen LogP contribution in [0.15, 0.2) is 15.8 Å². The molecule has 230 valence electrons. The van der Waals surface area contributed by atoms with Crippen molar-refractivity contribution in [1.82, 2.24) is 9.55 Å². The number of aliphatic hydroxyl groups is 1. The van der Waals surface area contributed by atoms with E-state index in [-0.39, 0.29) is 19.0 Å². The maximum atomic E-state index is 13.5. The summed E-state index contributed by atoms with van der Waals surface area (Å²) in [7, 11) is 0. The number of aromatic amines is 1. The van der Waals surface area contributed by atoms with Crippen molar-refractivity contribution in [3.63, 3.8) is 0 Å². The molecule has 0 saturated carbocycles. The standard InChI is InChI=1S/C31H53FN2O6/c1-2-3-4-5-6-7-8-9-10-11-12-13-14-15-16-17-18-19-20-21-29(36)39-24-27-26(35)22-28(40-27)34-23-25(32)30(37)33-31(34)38/h23,26-28,35H,2-22,24H2,1H3,(H,33,37,38)/t26-,27+,28+/m0/s1. The van der Waals surface area contributed by atoms with Crippen molar-refractivity contribution in [2.75, 3.05) is 6.61 Å². The van der Waals surface area contributed by atoms with Crippen LogP contribution in [0.5, 0.6) is 0 Å². The zero-order valence-corrected chi connectivity index (χ0v) is 24.7. The van der Waals surface area contributed by atoms with Crippen molar-refractivity contribution in [2.24, 2.45) is 0 Å². The zero-order chi connectivity index (χ0) is 29.0. The Labute approximate surface area is 239 Å². The first-order valence-corrected chi connectivity index (χ1v) is 15.9. The summed E-state index contributed by atoms with van der Waals surface area (Å²) < 4.78 is 25.2. The molecule has 1 saturated heterocycles. The molecule has 2 N–H and O–H groups in total. The minimum Gasteiger partial charge on any atom is -0.463 e. The van der Waals surface area contributed by atoms with Gasteiger partial charge in [-0.05, 0) is 6.42 Å². The smallest absolute Gasteiger partial charge is 0.330 e. The highest BCUT2D eigenvalue weighted by Gasteiger charge is 2.36. The van der Waals surface area contributed by atoms with Crippen molar-refractivity contribution in [3.05, 3.63) is 32.9 Å². The van der Waals surface area contributed by atoms with E-state index in [1.165, 1.54) is 103 Å². The Morgan fingerprint density at radius 1 is 0.900 bits per heavy atom. The highest BCUT2D eigenvalue weighted by atomic mass is 19.1. The molecule has 0 spiro atoms. The van der Waals surface area contributed by atoms with Crippen LogP contribution in [0.2, 0.25) is 0 Å². The third-order valence-electron chi connectivity index (χ3n) is 7.83. The minimum absolute atomic E-state index is 0.0208. The largest absolute Gasteiger partial charge is 0.463 e. The molecule has 1 aliphatic heterocycles. The van der Waals surface area contributed by atoms with Crippen molar-refractivity contribution >= 4 is 5.97 Å². The number of H-pyrrole nitrogens is 1. The third kappa shape index (κ3) is 14.1. The van der Waals surface area contributed by atoms with E-state index >= 15 is 0 Å². The summed E-state index contributed by atoms with van der Waals surface area (Å²) in [5.74, 6) is -1.47. The van der Waals surface area contributed by atoms with E-state index in [9.17, 15) is 23.9 Å². The molecule has 0 unspecified atom stereocenters. The molecule has 8 nitrogen and oxygen atoms in total. The average molecular weight is 569 g/mol. The van der Waals surface area contributed by atoms with Gasteiger partial charge >= 0.3 is 11.7 Å². The first-order valence-electron chi connectivity index (χ1n) is 15.9. The molecule has 1 aromatic rings. The second-order valence-electron chi connectivity index (χ2n) is 11.4. The molecule has 0 amide bonds. The van der Waals surface area contributed by atoms with Gasteiger partial charge < -0.3 is 14.6 Å². The van der Waals surface area contributed by atoms with Crippen LogP contribution in [0, 0.1) is 5.82 Å². The van der Waals surface area contributed by atoms with Gasteiger partial charge in [0.05, 0.1) is 12.3 Å². The van der Waals surface area contributed by atoms with Gasteiger partial charge in [0.15, 0.2) is 0 Å². The molecule has 0 radical (unpaired) electrons. The number of aromatic nitrogens is 2. The molecule has 1 fully saturated rings. The minimum atomic E-state index is -1.12. The number of nitrogens with zero attached hydrogens (tertiary/aromatic N) is 1. The lowest BCUT2D eigenvalue weighted by atomic mass is 10.0. The molecule has 0 aliphatic carbocycles. The van der Waals surface area contributed by atoms with Crippen LogP contribution in [0.25, 0.3) is 0 Å². The average Bonchev–Trinajstić information content (AvgIpc) is 3.30. The molecule has 3 atom stereocenters. The predicted molar refractivity (Wildman–Crippen MR) is 155 cm³/mol. The molecular formula is C31H53FN2O6. The van der Waals surface area contributed by atoms with Crippen LogP contribution in [0.3, 0.4) is 0 Å². The molecular weight excluding hydrogens is 515 g/mol. The van der Waals surface area contributed by atoms with Gasteiger partial charge in [-0.15, -0.1) is 0 Å². The van der Waals surface area contributed by atoms with Crippen LogP contribution in [-0.2, 0) is 14.3 Å². The molecule has 2 rings (SSSR count). The second kappa shape index (κ2) is 20.8. The molecule has 1 aliphatic rings. The Balaban J connectivity index is 1.38. The van der Waals surface area contributed by atoms with Gasteiger partial charge in [-0.2, -0.15) is 4.39 Å². The van der Waals surface area contributed by atoms with Gasteiger partial charge in [-0.3, -0.25) is 19.1 Å². The third-order valence-corrected chi connectivity index (χ3v) is 7.83. The van der Waals surface area contributed by atoms with Gasteiger partial charge in [0, 0.05) is 12.8 Å². The van der Waals surface area contributed by atoms with Gasteiger partial charge in [0.1, 0.15) is 18.9 Å². The second-order valence-corrected chi connectivity index (χ2v) is 11.4. The Hall–Kier alpha value is -2.00. The molecule has 1 aromatic heterocycles. The quantitative estimate of drug-likeness (QED) is 0.112. The number of nitrogens with one attached hydrogen (secondary N) is 1. The first-order chi connectivity index (χ1) is 19.4. The normalized spacial score (nSPS) is 18.8. The van der Waals surface area contributed by atoms with Crippen molar-refractivity contribution in [2.45, 2.75) is 160 Å². The number of esters is 1. The lowest BCUT2D eigenvalue weighted by Gasteiger charge is -2.16. The molecule has 9 heteroatoms. The number of rotatable bonds is 23. The fourth-order valence-electron chi connectivity index (χ4n) is 5.31. The number of carbonyl (C=O) groups is 1. The number of halogens is 1. The Kier molecular flexibility index (Phi) is 17.8. The SMILES string of the molecule is CCCCCCCCCCCCCCCCCCCCCC(=O)OC[C@H]1O[C@@H](n2cc(F)c(=O)[nH]c2=O)C[C@@H]1O. The first kappa shape index (κ1) is 34.2. The number of hydrogen-bond acceptors (Lipinski definition) is 6. The summed E-state index contributed by atoms with van der Waals surface area (Å²) in [6.07, 6.45) is 23.0. The van der Waals surface area contributed by atoms with Gasteiger partial charge in [-0.25, -0.2) is 4.79 Å². The van der Waals surface area contributed by atoms with Crippen molar-refractivity contribution in [3.8, 4) is 0 Å². The summed E-state index contributed by atoms with van der Waals surface area (Å²) in [5.41, 5.74) is -1.94. The van der Waals surface area contributed by atoms with Crippen molar-refractivity contribution < 1.29 is 23.8 Å². The Bertz CT molecular complexity index is 933. The lowest BCUT2D eigenvalue weighted by Crippen LogP contribution is -2.34. The summed E-state index contributed by atoms with van der Waals surface area (Å²) in [6.45, 7) is 2.13. The Morgan fingerprint density at radius 3 is 1.88 bits per heavy atom. The number of aliphatic hydroxyl groups excluding tert-OH is 1. The number of ether oxygens (including phenoxy) is 2. The van der Waals surface area contributed by atoms with Gasteiger partial charge in [-0.1, -0.05) is 122 Å². The fourth-order valence-corrected chi connectivity index (χ4v) is 5.31. The Morgan fingerprint density at radius 2 is 1.38 bits per heavy atom. The topological polar surface area (TPSA) is 111 Å². The molecule has 40 heavy (non-hydrogen) atoms. The maximum Gasteiger partial charge on any atom is 0.330 e. The van der Waals surface area contributed by atoms with E-state index in [1.54, 1.807) is 0 Å². The maximum absolute atomic E-state index is 13.5. The van der Waals surface area contributed by atoms with E-state index in [0.717, 1.165) is 30.0 Å². The molecule has 0 aromatic carbocycles. The molecule has 0 bridgehead atoms. The number of unbranched alkanes of at least 4 members (excludes halogenated alkanes) is 18. The highest BCUT2D eigenvalue weighted by molar-refractivity contribution is 5.69. The summed E-state index contributed by atoms with van der Waals surface area (Å²) in [6, 6.07) is 0. The van der Waals surface area contributed by atoms with Crippen LogP contribution in [0.4, 0.5) is 4.39 Å². The van der Waals surface area contributed by atoms with E-state index in [4.69, 9.17) is 9.47 Å². The summed E-state index contributed by atoms with van der Waals surface area (Å²) in [5, 5.41) is 10.2. The van der Waals surface area contributed by atoms with Crippen molar-refractivity contribution in [1.29, 1.82) is 0 Å². The summed E-state index contributed by atoms with van der Waals surface area (Å²) >= 11 is 0. The fraction of sp³-hybridized carbons (Fsp3) is 0.839. The van der Waals surface area contributed by atoms with Crippen LogP contribution >= 0.6 is 0 Å². The monoisotopic (exact) mass is 568 g/mol. The molecule has 2 heterocycles. The zero-order valence-electron chi connectivity index (χ0n) is 24.7. The number of hydrogen-bond donors (Lipinski definition) is 2. The van der Waals surface area contributed by atoms with E-state index in [1.807, 2.05) is 4.98 Å². The lowest BCUT2D eigenvalue weighted by molar-refractivity contribution is -0.150. The highest BCUT2D eigenvalue weighted by Crippen LogP contribution is 2.28. The number of carbonyl (C=O) groups excluding carboxylic acids is 1. The van der Waals surface area contributed by atoms with Crippen LogP contribution in [0.1, 0.15) is 148 Å². The van der Waals surface area contributed by atoms with Gasteiger partial charge in [0.2, 0.25) is 5.82 Å². The van der Waals surface area contributed by atoms with Gasteiger partial charge in [0.25, 0.3) is 5.56 Å². The van der Waals surface area contributed by atoms with E-state index < -0.39 is 35.5 Å². The van der Waals surface area contributed by atoms with Crippen LogP contribution < -0.4 is 11.2 Å². The van der Waals surface area contributed by atoms with E-state index in [2.05, 4.69) is 6.92 Å². The predicted octanol–water partition coefficient (Wildman–Crippen LogP) is 6.69. The van der Waals surface area contributed by atoms with E-state index in [0.29, 0.717) is 6.42 Å². The van der Waals surface area contributed by atoms with Crippen LogP contribution in [-0.4, -0.2) is 39.4 Å². The summed E-state index contributed by atoms with van der Waals surface area (Å²) in [4.78, 5) is 37.0.